The summed E-state index contributed by atoms with van der Waals surface area (Å²) in [5, 5.41) is 3.12. The summed E-state index contributed by atoms with van der Waals surface area (Å²) >= 11 is 0. The van der Waals surface area contributed by atoms with Crippen LogP contribution in [0, 0.1) is 0 Å². The number of nitrogens with one attached hydrogen (secondary N) is 1. The zero-order valence-corrected chi connectivity index (χ0v) is 7.51. The number of allylic oxidation sites excluding steroid dienone is 5. The molecular weight excluding hydrogens is 146 g/mol. The van der Waals surface area contributed by atoms with Gasteiger partial charge in [-0.2, -0.15) is 0 Å². The van der Waals surface area contributed by atoms with Crippen molar-refractivity contribution in [1.82, 2.24) is 5.32 Å². The van der Waals surface area contributed by atoms with E-state index in [1.165, 1.54) is 0 Å². The largest absolute Gasteiger partial charge is 0.356 e. The van der Waals surface area contributed by atoms with Crippen molar-refractivity contribution in [3.8, 4) is 0 Å². The van der Waals surface area contributed by atoms with Gasteiger partial charge in [0.05, 0.1) is 0 Å². The van der Waals surface area contributed by atoms with Crippen LogP contribution >= 0.6 is 0 Å². The molecule has 0 aliphatic heterocycles. The Balaban J connectivity index is 4.39. The minimum Gasteiger partial charge on any atom is -0.356 e. The van der Waals surface area contributed by atoms with E-state index in [0.717, 1.165) is 11.4 Å². The molecule has 12 heavy (non-hydrogen) atoms. The second-order valence-electron chi connectivity index (χ2n) is 2.13. The van der Waals surface area contributed by atoms with Crippen LogP contribution in [-0.2, 0) is 0 Å². The predicted octanol–water partition coefficient (Wildman–Crippen LogP) is 2.92. The van der Waals surface area contributed by atoms with Crippen molar-refractivity contribution in [3.05, 3.63) is 61.5 Å². The number of hydrogen-bond donors (Lipinski definition) is 1. The summed E-state index contributed by atoms with van der Waals surface area (Å²) in [5.74, 6) is 0. The van der Waals surface area contributed by atoms with Crippen molar-refractivity contribution < 1.29 is 0 Å². The van der Waals surface area contributed by atoms with Gasteiger partial charge in [0.25, 0.3) is 0 Å². The van der Waals surface area contributed by atoms with E-state index < -0.39 is 0 Å². The standard InChI is InChI=1S/C11H15N/c1-5-9-11(8-4)12-10(6-2)7-3/h5-9,12H,1-2,4H2,3H3/b10-7+,11-9+. The van der Waals surface area contributed by atoms with E-state index in [2.05, 4.69) is 25.1 Å². The van der Waals surface area contributed by atoms with Gasteiger partial charge in [-0.15, -0.1) is 0 Å². The Morgan fingerprint density at radius 1 is 1.08 bits per heavy atom. The zero-order valence-electron chi connectivity index (χ0n) is 7.51. The zero-order chi connectivity index (χ0) is 9.40. The SMILES string of the molecule is C=C/C=C(\C=C)N/C(C=C)=C/C. The molecule has 0 fully saturated rings. The molecule has 64 valence electrons. The van der Waals surface area contributed by atoms with Gasteiger partial charge in [-0.25, -0.2) is 0 Å². The Kier molecular flexibility index (Phi) is 5.45. The Hall–Kier alpha value is -1.50. The molecule has 0 radical (unpaired) electrons. The average Bonchev–Trinajstić information content (AvgIpc) is 2.12. The van der Waals surface area contributed by atoms with Gasteiger partial charge in [0.2, 0.25) is 0 Å². The molecule has 0 unspecified atom stereocenters. The second kappa shape index (κ2) is 6.23. The van der Waals surface area contributed by atoms with Crippen molar-refractivity contribution in [2.45, 2.75) is 6.92 Å². The van der Waals surface area contributed by atoms with E-state index >= 15 is 0 Å². The van der Waals surface area contributed by atoms with Crippen LogP contribution in [0.2, 0.25) is 0 Å². The topological polar surface area (TPSA) is 12.0 Å². The first-order valence-electron chi connectivity index (χ1n) is 3.79. The van der Waals surface area contributed by atoms with E-state index in [0.29, 0.717) is 0 Å². The minimum atomic E-state index is 0.915. The molecule has 0 aromatic heterocycles. The fraction of sp³-hybridized carbons (Fsp3) is 0.0909. The molecule has 0 bridgehead atoms. The maximum absolute atomic E-state index is 3.66. The average molecular weight is 161 g/mol. The highest BCUT2D eigenvalue weighted by atomic mass is 14.9. The quantitative estimate of drug-likeness (QED) is 0.611. The van der Waals surface area contributed by atoms with Crippen molar-refractivity contribution >= 4 is 0 Å². The molecule has 0 aliphatic carbocycles. The molecule has 0 amide bonds. The summed E-state index contributed by atoms with van der Waals surface area (Å²) in [6.07, 6.45) is 8.98. The highest BCUT2D eigenvalue weighted by Crippen LogP contribution is 1.97. The van der Waals surface area contributed by atoms with Gasteiger partial charge in [-0.05, 0) is 25.2 Å². The Morgan fingerprint density at radius 3 is 2.00 bits per heavy atom. The maximum atomic E-state index is 3.66. The normalized spacial score (nSPS) is 12.1. The lowest BCUT2D eigenvalue weighted by Gasteiger charge is -2.05. The van der Waals surface area contributed by atoms with E-state index in [9.17, 15) is 0 Å². The molecule has 0 atom stereocenters. The van der Waals surface area contributed by atoms with Gasteiger partial charge < -0.3 is 5.32 Å². The van der Waals surface area contributed by atoms with Crippen LogP contribution in [0.15, 0.2) is 61.5 Å². The second-order valence-corrected chi connectivity index (χ2v) is 2.13. The first kappa shape index (κ1) is 10.5. The highest BCUT2D eigenvalue weighted by Gasteiger charge is 1.89. The van der Waals surface area contributed by atoms with Gasteiger partial charge in [-0.1, -0.05) is 31.9 Å². The van der Waals surface area contributed by atoms with Crippen LogP contribution < -0.4 is 5.32 Å². The van der Waals surface area contributed by atoms with Crippen molar-refractivity contribution in [3.63, 3.8) is 0 Å². The summed E-state index contributed by atoms with van der Waals surface area (Å²) < 4.78 is 0. The molecular formula is C11H15N. The molecule has 0 saturated carbocycles. The molecule has 0 aromatic rings. The van der Waals surface area contributed by atoms with E-state index in [1.807, 2.05) is 19.1 Å². The summed E-state index contributed by atoms with van der Waals surface area (Å²) in [7, 11) is 0. The third-order valence-corrected chi connectivity index (χ3v) is 1.34. The van der Waals surface area contributed by atoms with Gasteiger partial charge in [0.1, 0.15) is 0 Å². The molecule has 0 saturated heterocycles. The predicted molar refractivity (Wildman–Crippen MR) is 55.6 cm³/mol. The van der Waals surface area contributed by atoms with Crippen LogP contribution in [0.1, 0.15) is 6.92 Å². The number of hydrogen-bond acceptors (Lipinski definition) is 1. The van der Waals surface area contributed by atoms with Crippen molar-refractivity contribution in [2.24, 2.45) is 0 Å². The van der Waals surface area contributed by atoms with E-state index in [4.69, 9.17) is 0 Å². The molecule has 1 heteroatoms. The lowest BCUT2D eigenvalue weighted by Crippen LogP contribution is -2.08. The third-order valence-electron chi connectivity index (χ3n) is 1.34. The maximum Gasteiger partial charge on any atom is 0.0377 e. The monoisotopic (exact) mass is 161 g/mol. The summed E-state index contributed by atoms with van der Waals surface area (Å²) in [5.41, 5.74) is 1.88. The lowest BCUT2D eigenvalue weighted by atomic mass is 10.3. The third kappa shape index (κ3) is 3.62. The molecule has 0 aliphatic rings. The molecule has 1 nitrogen and oxygen atoms in total. The summed E-state index contributed by atoms with van der Waals surface area (Å²) in [6.45, 7) is 12.9. The molecule has 0 spiro atoms. The van der Waals surface area contributed by atoms with Gasteiger partial charge >= 0.3 is 0 Å². The number of rotatable bonds is 5. The molecule has 0 aromatic carbocycles. The fourth-order valence-electron chi connectivity index (χ4n) is 0.695. The van der Waals surface area contributed by atoms with Crippen LogP contribution in [0.4, 0.5) is 0 Å². The minimum absolute atomic E-state index is 0.915. The lowest BCUT2D eigenvalue weighted by molar-refractivity contribution is 1.04. The van der Waals surface area contributed by atoms with Crippen LogP contribution in [0.3, 0.4) is 0 Å². The van der Waals surface area contributed by atoms with Gasteiger partial charge in [0.15, 0.2) is 0 Å². The van der Waals surface area contributed by atoms with Crippen LogP contribution in [-0.4, -0.2) is 0 Å². The summed E-state index contributed by atoms with van der Waals surface area (Å²) in [4.78, 5) is 0. The van der Waals surface area contributed by atoms with Crippen LogP contribution in [0.5, 0.6) is 0 Å². The van der Waals surface area contributed by atoms with Gasteiger partial charge in [-0.3, -0.25) is 0 Å². The Labute approximate surface area is 74.5 Å². The highest BCUT2D eigenvalue weighted by molar-refractivity contribution is 5.27. The summed E-state index contributed by atoms with van der Waals surface area (Å²) in [6, 6.07) is 0. The van der Waals surface area contributed by atoms with Gasteiger partial charge in [0, 0.05) is 11.4 Å². The fourth-order valence-corrected chi connectivity index (χ4v) is 0.695. The van der Waals surface area contributed by atoms with E-state index in [-0.39, 0.29) is 0 Å². The molecule has 0 rings (SSSR count). The Bertz CT molecular complexity index is 231. The van der Waals surface area contributed by atoms with Crippen molar-refractivity contribution in [2.75, 3.05) is 0 Å². The first-order valence-corrected chi connectivity index (χ1v) is 3.79. The molecule has 1 N–H and O–H groups in total. The van der Waals surface area contributed by atoms with Crippen molar-refractivity contribution in [1.29, 1.82) is 0 Å². The van der Waals surface area contributed by atoms with E-state index in [1.54, 1.807) is 18.2 Å². The Morgan fingerprint density at radius 2 is 1.67 bits per heavy atom. The van der Waals surface area contributed by atoms with Crippen LogP contribution in [0.25, 0.3) is 0 Å². The smallest absolute Gasteiger partial charge is 0.0377 e. The first-order chi connectivity index (χ1) is 5.78. The molecule has 0 heterocycles.